The number of anilines is 1. The summed E-state index contributed by atoms with van der Waals surface area (Å²) in [5.74, 6) is 1.08. The van der Waals surface area contributed by atoms with Crippen LogP contribution in [0.25, 0.3) is 0 Å². The molecule has 0 bridgehead atoms. The van der Waals surface area contributed by atoms with E-state index in [2.05, 4.69) is 47.6 Å². The van der Waals surface area contributed by atoms with Gasteiger partial charge >= 0.3 is 0 Å². The Morgan fingerprint density at radius 1 is 0.933 bits per heavy atom. The number of nitrogens with two attached hydrogens (primary N) is 1. The summed E-state index contributed by atoms with van der Waals surface area (Å²) in [6.45, 7) is 13.3. The minimum absolute atomic E-state index is 0.503. The second kappa shape index (κ2) is 4.26. The number of aryl methyl sites for hydroxylation is 1. The van der Waals surface area contributed by atoms with Crippen molar-refractivity contribution in [1.29, 1.82) is 0 Å². The average Bonchev–Trinajstić information content (AvgIpc) is 1.99. The lowest BCUT2D eigenvalue weighted by Crippen LogP contribution is -2.06. The first-order chi connectivity index (χ1) is 6.86. The Bertz CT molecular complexity index is 330. The van der Waals surface area contributed by atoms with Gasteiger partial charge in [-0.3, -0.25) is 0 Å². The van der Waals surface area contributed by atoms with Crippen LogP contribution in [0.3, 0.4) is 0 Å². The van der Waals surface area contributed by atoms with E-state index in [1.165, 1.54) is 22.3 Å². The third kappa shape index (κ3) is 2.17. The van der Waals surface area contributed by atoms with Crippen LogP contribution in [0.1, 0.15) is 61.8 Å². The molecule has 0 aromatic heterocycles. The highest BCUT2D eigenvalue weighted by molar-refractivity contribution is 5.58. The molecule has 0 heterocycles. The Hall–Kier alpha value is -0.980. The highest BCUT2D eigenvalue weighted by Gasteiger charge is 2.15. The van der Waals surface area contributed by atoms with Gasteiger partial charge in [0.2, 0.25) is 0 Å². The third-order valence-corrected chi connectivity index (χ3v) is 3.07. The molecular weight excluding hydrogens is 182 g/mol. The highest BCUT2D eigenvalue weighted by Crippen LogP contribution is 2.33. The number of benzene rings is 1. The minimum atomic E-state index is 0.503. The average molecular weight is 205 g/mol. The fourth-order valence-electron chi connectivity index (χ4n) is 2.70. The molecule has 0 saturated heterocycles. The van der Waals surface area contributed by atoms with Crippen LogP contribution >= 0.6 is 0 Å². The van der Waals surface area contributed by atoms with E-state index in [0.29, 0.717) is 11.8 Å². The Morgan fingerprint density at radius 3 is 1.80 bits per heavy atom. The Labute approximate surface area is 93.7 Å². The zero-order valence-electron chi connectivity index (χ0n) is 10.8. The van der Waals surface area contributed by atoms with Gasteiger partial charge in [-0.15, -0.1) is 0 Å². The molecule has 0 amide bonds. The predicted molar refractivity (Wildman–Crippen MR) is 68.5 cm³/mol. The van der Waals surface area contributed by atoms with Crippen LogP contribution in [0.15, 0.2) is 6.07 Å². The number of rotatable bonds is 2. The summed E-state index contributed by atoms with van der Waals surface area (Å²) >= 11 is 0. The standard InChI is InChI=1S/C14H23N/c1-8(2)13-10(5)7-12(15)14(9(3)4)11(13)6/h7-9H,15H2,1-6H3. The van der Waals surface area contributed by atoms with Gasteiger partial charge in [0.05, 0.1) is 0 Å². The quantitative estimate of drug-likeness (QED) is 0.722. The zero-order valence-corrected chi connectivity index (χ0v) is 10.8. The van der Waals surface area contributed by atoms with Crippen molar-refractivity contribution in [2.24, 2.45) is 0 Å². The molecule has 0 aliphatic rings. The van der Waals surface area contributed by atoms with Crippen molar-refractivity contribution in [1.82, 2.24) is 0 Å². The maximum absolute atomic E-state index is 6.09. The van der Waals surface area contributed by atoms with Gasteiger partial charge in [0.25, 0.3) is 0 Å². The molecule has 0 atom stereocenters. The molecule has 1 rings (SSSR count). The molecule has 15 heavy (non-hydrogen) atoms. The molecule has 1 heteroatoms. The fraction of sp³-hybridized carbons (Fsp3) is 0.571. The minimum Gasteiger partial charge on any atom is -0.398 e. The van der Waals surface area contributed by atoms with Crippen molar-refractivity contribution in [2.75, 3.05) is 5.73 Å². The van der Waals surface area contributed by atoms with Crippen LogP contribution in [-0.2, 0) is 0 Å². The second-order valence-corrected chi connectivity index (χ2v) is 5.04. The van der Waals surface area contributed by atoms with Crippen LogP contribution in [0.2, 0.25) is 0 Å². The summed E-state index contributed by atoms with van der Waals surface area (Å²) in [6.07, 6.45) is 0. The molecule has 2 N–H and O–H groups in total. The van der Waals surface area contributed by atoms with Gasteiger partial charge in [-0.05, 0) is 54.0 Å². The molecule has 0 aliphatic heterocycles. The smallest absolute Gasteiger partial charge is 0.0354 e. The van der Waals surface area contributed by atoms with Crippen LogP contribution in [0.4, 0.5) is 5.69 Å². The van der Waals surface area contributed by atoms with E-state index in [1.54, 1.807) is 0 Å². The van der Waals surface area contributed by atoms with Crippen LogP contribution < -0.4 is 5.73 Å². The van der Waals surface area contributed by atoms with Gasteiger partial charge in [0, 0.05) is 5.69 Å². The first-order valence-corrected chi connectivity index (χ1v) is 5.75. The molecule has 0 saturated carbocycles. The summed E-state index contributed by atoms with van der Waals surface area (Å²) in [4.78, 5) is 0. The second-order valence-electron chi connectivity index (χ2n) is 5.04. The first kappa shape index (κ1) is 12.1. The maximum Gasteiger partial charge on any atom is 0.0354 e. The van der Waals surface area contributed by atoms with E-state index in [9.17, 15) is 0 Å². The molecule has 0 aliphatic carbocycles. The molecule has 1 aromatic rings. The van der Waals surface area contributed by atoms with Crippen molar-refractivity contribution in [3.8, 4) is 0 Å². The van der Waals surface area contributed by atoms with Crippen LogP contribution in [0, 0.1) is 13.8 Å². The fourth-order valence-corrected chi connectivity index (χ4v) is 2.70. The lowest BCUT2D eigenvalue weighted by molar-refractivity contribution is 0.812. The van der Waals surface area contributed by atoms with E-state index in [0.717, 1.165) is 5.69 Å². The normalized spacial score (nSPS) is 11.5. The van der Waals surface area contributed by atoms with Crippen molar-refractivity contribution >= 4 is 5.69 Å². The van der Waals surface area contributed by atoms with Gasteiger partial charge in [-0.25, -0.2) is 0 Å². The van der Waals surface area contributed by atoms with Crippen molar-refractivity contribution < 1.29 is 0 Å². The van der Waals surface area contributed by atoms with E-state index in [4.69, 9.17) is 5.73 Å². The molecule has 0 spiro atoms. The Balaban J connectivity index is 3.49. The van der Waals surface area contributed by atoms with Gasteiger partial charge in [-0.1, -0.05) is 27.7 Å². The summed E-state index contributed by atoms with van der Waals surface area (Å²) in [6, 6.07) is 2.12. The van der Waals surface area contributed by atoms with Gasteiger partial charge in [-0.2, -0.15) is 0 Å². The molecule has 1 nitrogen and oxygen atoms in total. The van der Waals surface area contributed by atoms with E-state index in [1.807, 2.05) is 0 Å². The van der Waals surface area contributed by atoms with Crippen molar-refractivity contribution in [3.63, 3.8) is 0 Å². The van der Waals surface area contributed by atoms with Crippen molar-refractivity contribution in [2.45, 2.75) is 53.4 Å². The number of hydrogen-bond donors (Lipinski definition) is 1. The monoisotopic (exact) mass is 205 g/mol. The molecule has 84 valence electrons. The van der Waals surface area contributed by atoms with E-state index in [-0.39, 0.29) is 0 Å². The number of nitrogen functional groups attached to an aromatic ring is 1. The lowest BCUT2D eigenvalue weighted by Gasteiger charge is -2.21. The maximum atomic E-state index is 6.09. The van der Waals surface area contributed by atoms with Gasteiger partial charge in [0.1, 0.15) is 0 Å². The van der Waals surface area contributed by atoms with Gasteiger partial charge < -0.3 is 5.73 Å². The summed E-state index contributed by atoms with van der Waals surface area (Å²) in [5, 5.41) is 0. The summed E-state index contributed by atoms with van der Waals surface area (Å²) < 4.78 is 0. The van der Waals surface area contributed by atoms with Crippen molar-refractivity contribution in [3.05, 3.63) is 28.3 Å². The number of hydrogen-bond acceptors (Lipinski definition) is 1. The predicted octanol–water partition coefficient (Wildman–Crippen LogP) is 4.13. The van der Waals surface area contributed by atoms with E-state index < -0.39 is 0 Å². The van der Waals surface area contributed by atoms with Crippen LogP contribution in [0.5, 0.6) is 0 Å². The SMILES string of the molecule is Cc1cc(N)c(C(C)C)c(C)c1C(C)C. The lowest BCUT2D eigenvalue weighted by atomic mass is 9.85. The summed E-state index contributed by atoms with van der Waals surface area (Å²) in [5.41, 5.74) is 12.5. The largest absolute Gasteiger partial charge is 0.398 e. The third-order valence-electron chi connectivity index (χ3n) is 3.07. The molecule has 0 radical (unpaired) electrons. The molecule has 1 aromatic carbocycles. The Morgan fingerprint density at radius 2 is 1.40 bits per heavy atom. The topological polar surface area (TPSA) is 26.0 Å². The molecular formula is C14H23N. The molecule has 0 unspecified atom stereocenters. The Kier molecular flexibility index (Phi) is 3.43. The van der Waals surface area contributed by atoms with E-state index >= 15 is 0 Å². The first-order valence-electron chi connectivity index (χ1n) is 5.75. The summed E-state index contributed by atoms with van der Waals surface area (Å²) in [7, 11) is 0. The molecule has 0 fully saturated rings. The van der Waals surface area contributed by atoms with Crippen LogP contribution in [-0.4, -0.2) is 0 Å². The zero-order chi connectivity index (χ0) is 11.7. The van der Waals surface area contributed by atoms with Gasteiger partial charge in [0.15, 0.2) is 0 Å². The highest BCUT2D eigenvalue weighted by atomic mass is 14.6.